The number of benzene rings is 1. The van der Waals surface area contributed by atoms with E-state index in [0.717, 1.165) is 41.2 Å². The fourth-order valence-corrected chi connectivity index (χ4v) is 3.29. The molecule has 4 nitrogen and oxygen atoms in total. The molecule has 0 saturated carbocycles. The number of hydrogen-bond acceptors (Lipinski definition) is 3. The zero-order valence-corrected chi connectivity index (χ0v) is 13.9. The van der Waals surface area contributed by atoms with Gasteiger partial charge in [0.2, 0.25) is 0 Å². The molecule has 2 aromatic rings. The van der Waals surface area contributed by atoms with Crippen LogP contribution in [-0.4, -0.2) is 41.0 Å². The minimum absolute atomic E-state index is 0.610. The van der Waals surface area contributed by atoms with Crippen LogP contribution in [0, 0.1) is 0 Å². The summed E-state index contributed by atoms with van der Waals surface area (Å²) >= 11 is 3.51. The Morgan fingerprint density at radius 2 is 2.38 bits per heavy atom. The second-order valence-corrected chi connectivity index (χ2v) is 6.53. The van der Waals surface area contributed by atoms with Gasteiger partial charge in [-0.2, -0.15) is 0 Å². The van der Waals surface area contributed by atoms with Crippen LogP contribution < -0.4 is 5.32 Å². The van der Waals surface area contributed by atoms with Crippen molar-refractivity contribution in [3.63, 3.8) is 0 Å². The first-order chi connectivity index (χ1) is 10.2. The highest BCUT2D eigenvalue weighted by molar-refractivity contribution is 9.10. The number of nitrogens with zero attached hydrogens (tertiary/aromatic N) is 2. The van der Waals surface area contributed by atoms with Gasteiger partial charge in [0.25, 0.3) is 0 Å². The number of hydrogen-bond donors (Lipinski definition) is 2. The van der Waals surface area contributed by atoms with Gasteiger partial charge in [0.05, 0.1) is 18.4 Å². The third-order valence-corrected chi connectivity index (χ3v) is 4.54. The second kappa shape index (κ2) is 6.73. The molecule has 1 aliphatic rings. The van der Waals surface area contributed by atoms with Crippen molar-refractivity contribution in [1.29, 1.82) is 0 Å². The SMILES string of the molecule is CNC1CCCN(Cc2ncc(-c3cccc(Br)c3)[nH]2)C1. The minimum atomic E-state index is 0.610. The zero-order chi connectivity index (χ0) is 14.7. The summed E-state index contributed by atoms with van der Waals surface area (Å²) in [6.07, 6.45) is 4.45. The first-order valence-electron chi connectivity index (χ1n) is 7.44. The fraction of sp³-hybridized carbons (Fsp3) is 0.438. The van der Waals surface area contributed by atoms with Gasteiger partial charge in [0.1, 0.15) is 5.82 Å². The van der Waals surface area contributed by atoms with Gasteiger partial charge in [-0.05, 0) is 38.6 Å². The quantitative estimate of drug-likeness (QED) is 0.892. The Morgan fingerprint density at radius 1 is 1.48 bits per heavy atom. The van der Waals surface area contributed by atoms with Crippen LogP contribution in [0.15, 0.2) is 34.9 Å². The molecule has 1 fully saturated rings. The third kappa shape index (κ3) is 3.73. The van der Waals surface area contributed by atoms with Crippen molar-refractivity contribution in [3.8, 4) is 11.3 Å². The Labute approximate surface area is 134 Å². The number of nitrogens with one attached hydrogen (secondary N) is 2. The van der Waals surface area contributed by atoms with Gasteiger partial charge >= 0.3 is 0 Å². The maximum atomic E-state index is 4.53. The van der Waals surface area contributed by atoms with Crippen LogP contribution in [0.3, 0.4) is 0 Å². The van der Waals surface area contributed by atoms with Crippen LogP contribution in [0.25, 0.3) is 11.3 Å². The summed E-state index contributed by atoms with van der Waals surface area (Å²) in [5.74, 6) is 1.04. The van der Waals surface area contributed by atoms with Crippen LogP contribution >= 0.6 is 15.9 Å². The predicted molar refractivity (Wildman–Crippen MR) is 89.1 cm³/mol. The summed E-state index contributed by atoms with van der Waals surface area (Å²) in [6.45, 7) is 3.15. The van der Waals surface area contributed by atoms with E-state index in [2.05, 4.69) is 48.2 Å². The molecule has 0 bridgehead atoms. The molecule has 0 amide bonds. The van der Waals surface area contributed by atoms with E-state index in [9.17, 15) is 0 Å². The molecule has 2 N–H and O–H groups in total. The molecular weight excluding hydrogens is 328 g/mol. The van der Waals surface area contributed by atoms with Gasteiger partial charge in [0.15, 0.2) is 0 Å². The molecule has 1 aromatic carbocycles. The van der Waals surface area contributed by atoms with E-state index >= 15 is 0 Å². The van der Waals surface area contributed by atoms with Crippen molar-refractivity contribution in [2.24, 2.45) is 0 Å². The van der Waals surface area contributed by atoms with Crippen molar-refractivity contribution in [1.82, 2.24) is 20.2 Å². The molecule has 21 heavy (non-hydrogen) atoms. The van der Waals surface area contributed by atoms with Gasteiger partial charge in [-0.25, -0.2) is 4.98 Å². The number of rotatable bonds is 4. The monoisotopic (exact) mass is 348 g/mol. The number of likely N-dealkylation sites (tertiary alicyclic amines) is 1. The molecule has 1 atom stereocenters. The molecule has 1 aliphatic heterocycles. The lowest BCUT2D eigenvalue weighted by Crippen LogP contribution is -2.44. The summed E-state index contributed by atoms with van der Waals surface area (Å²) in [6, 6.07) is 8.89. The summed E-state index contributed by atoms with van der Waals surface area (Å²) in [5.41, 5.74) is 2.24. The molecule has 3 rings (SSSR count). The second-order valence-electron chi connectivity index (χ2n) is 5.62. The van der Waals surface area contributed by atoms with Crippen molar-refractivity contribution in [2.45, 2.75) is 25.4 Å². The topological polar surface area (TPSA) is 44.0 Å². The molecule has 5 heteroatoms. The van der Waals surface area contributed by atoms with E-state index in [1.807, 2.05) is 25.4 Å². The molecule has 1 saturated heterocycles. The normalized spacial score (nSPS) is 19.8. The van der Waals surface area contributed by atoms with E-state index in [0.29, 0.717) is 6.04 Å². The molecule has 0 aliphatic carbocycles. The number of aromatic nitrogens is 2. The Bertz CT molecular complexity index is 595. The molecule has 2 heterocycles. The van der Waals surface area contributed by atoms with Crippen molar-refractivity contribution >= 4 is 15.9 Å². The maximum Gasteiger partial charge on any atom is 0.120 e. The summed E-state index contributed by atoms with van der Waals surface area (Å²) in [5, 5.41) is 3.38. The molecule has 1 aromatic heterocycles. The number of H-pyrrole nitrogens is 1. The standard InChI is InChI=1S/C16H21BrN4/c1-18-14-6-3-7-21(10-14)11-16-19-9-15(20-16)12-4-2-5-13(17)8-12/h2,4-5,8-9,14,18H,3,6-7,10-11H2,1H3,(H,19,20). The lowest BCUT2D eigenvalue weighted by atomic mass is 10.1. The van der Waals surface area contributed by atoms with Crippen LogP contribution in [0.4, 0.5) is 0 Å². The lowest BCUT2D eigenvalue weighted by molar-refractivity contribution is 0.184. The van der Waals surface area contributed by atoms with Gasteiger partial charge in [-0.15, -0.1) is 0 Å². The molecule has 0 spiro atoms. The van der Waals surface area contributed by atoms with Crippen molar-refractivity contribution in [2.75, 3.05) is 20.1 Å². The average Bonchev–Trinajstić information content (AvgIpc) is 2.96. The van der Waals surface area contributed by atoms with Crippen LogP contribution in [-0.2, 0) is 6.54 Å². The Balaban J connectivity index is 1.68. The number of piperidine rings is 1. The van der Waals surface area contributed by atoms with Crippen molar-refractivity contribution < 1.29 is 0 Å². The first-order valence-corrected chi connectivity index (χ1v) is 8.23. The highest BCUT2D eigenvalue weighted by Crippen LogP contribution is 2.22. The Hall–Kier alpha value is -1.17. The van der Waals surface area contributed by atoms with Gasteiger partial charge in [-0.3, -0.25) is 4.90 Å². The van der Waals surface area contributed by atoms with E-state index in [4.69, 9.17) is 0 Å². The van der Waals surface area contributed by atoms with E-state index < -0.39 is 0 Å². The van der Waals surface area contributed by atoms with Crippen LogP contribution in [0.5, 0.6) is 0 Å². The summed E-state index contributed by atoms with van der Waals surface area (Å²) in [4.78, 5) is 10.4. The Kier molecular flexibility index (Phi) is 4.73. The first kappa shape index (κ1) is 14.8. The molecule has 0 radical (unpaired) electrons. The number of aromatic amines is 1. The number of halogens is 1. The highest BCUT2D eigenvalue weighted by atomic mass is 79.9. The Morgan fingerprint density at radius 3 is 3.19 bits per heavy atom. The van der Waals surface area contributed by atoms with E-state index in [1.54, 1.807) is 0 Å². The molecule has 1 unspecified atom stereocenters. The van der Waals surface area contributed by atoms with Crippen LogP contribution in [0.1, 0.15) is 18.7 Å². The van der Waals surface area contributed by atoms with E-state index in [1.165, 1.54) is 12.8 Å². The minimum Gasteiger partial charge on any atom is -0.341 e. The lowest BCUT2D eigenvalue weighted by Gasteiger charge is -2.31. The highest BCUT2D eigenvalue weighted by Gasteiger charge is 2.19. The van der Waals surface area contributed by atoms with E-state index in [-0.39, 0.29) is 0 Å². The maximum absolute atomic E-state index is 4.53. The van der Waals surface area contributed by atoms with Gasteiger partial charge in [0, 0.05) is 22.6 Å². The third-order valence-electron chi connectivity index (χ3n) is 4.05. The smallest absolute Gasteiger partial charge is 0.120 e. The zero-order valence-electron chi connectivity index (χ0n) is 12.3. The average molecular weight is 349 g/mol. The fourth-order valence-electron chi connectivity index (χ4n) is 2.89. The predicted octanol–water partition coefficient (Wildman–Crippen LogP) is 3.02. The summed E-state index contributed by atoms with van der Waals surface area (Å²) in [7, 11) is 2.05. The van der Waals surface area contributed by atoms with Gasteiger partial charge in [-0.1, -0.05) is 28.1 Å². The van der Waals surface area contributed by atoms with Crippen molar-refractivity contribution in [3.05, 3.63) is 40.8 Å². The molecular formula is C16H21BrN4. The molecule has 112 valence electrons. The largest absolute Gasteiger partial charge is 0.341 e. The summed E-state index contributed by atoms with van der Waals surface area (Å²) < 4.78 is 1.09. The van der Waals surface area contributed by atoms with Gasteiger partial charge < -0.3 is 10.3 Å². The van der Waals surface area contributed by atoms with Crippen LogP contribution in [0.2, 0.25) is 0 Å². The number of imidazole rings is 1. The number of likely N-dealkylation sites (N-methyl/N-ethyl adjacent to an activating group) is 1.